The number of ketones is 1. The molecule has 0 amide bonds. The molecule has 0 aliphatic heterocycles. The van der Waals surface area contributed by atoms with Crippen LogP contribution < -0.4 is 4.90 Å². The van der Waals surface area contributed by atoms with Gasteiger partial charge in [0.15, 0.2) is 5.78 Å². The Kier molecular flexibility index (Phi) is 5.20. The number of hydrogen-bond acceptors (Lipinski definition) is 5. The first-order valence-corrected chi connectivity index (χ1v) is 8.15. The molecule has 0 spiro atoms. The van der Waals surface area contributed by atoms with Crippen LogP contribution in [0.25, 0.3) is 0 Å². The number of phenols is 2. The van der Waals surface area contributed by atoms with Gasteiger partial charge in [-0.3, -0.25) is 4.79 Å². The second-order valence-corrected chi connectivity index (χ2v) is 5.89. The van der Waals surface area contributed by atoms with Crippen molar-refractivity contribution in [3.8, 4) is 11.5 Å². The minimum atomic E-state index is -0.223. The molecule has 0 aliphatic carbocycles. The Hall–Kier alpha value is -3.31. The molecule has 0 aliphatic rings. The number of carbonyl (C=O) groups is 1. The predicted molar refractivity (Wildman–Crippen MR) is 99.4 cm³/mol. The van der Waals surface area contributed by atoms with Gasteiger partial charge >= 0.3 is 0 Å². The number of nitrogens with zero attached hydrogens (tertiary/aromatic N) is 1. The summed E-state index contributed by atoms with van der Waals surface area (Å²) in [4.78, 5) is 14.3. The number of carbonyl (C=O) groups excluding carboxylic acids is 1. The van der Waals surface area contributed by atoms with Crippen LogP contribution in [0.15, 0.2) is 72.8 Å². The van der Waals surface area contributed by atoms with Gasteiger partial charge in [0, 0.05) is 28.9 Å². The topological polar surface area (TPSA) is 81.0 Å². The molecule has 0 aromatic heterocycles. The summed E-state index contributed by atoms with van der Waals surface area (Å²) in [5.41, 5.74) is 2.22. The largest absolute Gasteiger partial charge is 0.508 e. The minimum absolute atomic E-state index is 0.0571. The first-order chi connectivity index (χ1) is 12.6. The highest BCUT2D eigenvalue weighted by Crippen LogP contribution is 2.25. The monoisotopic (exact) mass is 349 g/mol. The van der Waals surface area contributed by atoms with Crippen LogP contribution >= 0.6 is 0 Å². The zero-order valence-electron chi connectivity index (χ0n) is 14.0. The third-order valence-electron chi connectivity index (χ3n) is 4.12. The summed E-state index contributed by atoms with van der Waals surface area (Å²) in [6, 6.07) is 20.0. The van der Waals surface area contributed by atoms with E-state index in [1.54, 1.807) is 29.2 Å². The molecule has 5 nitrogen and oxygen atoms in total. The number of para-hydroxylation sites is 1. The molecule has 26 heavy (non-hydrogen) atoms. The van der Waals surface area contributed by atoms with Crippen molar-refractivity contribution in [2.24, 2.45) is 0 Å². The lowest BCUT2D eigenvalue weighted by Gasteiger charge is -2.23. The van der Waals surface area contributed by atoms with Crippen LogP contribution in [0.2, 0.25) is 0 Å². The number of rotatable bonds is 6. The van der Waals surface area contributed by atoms with Gasteiger partial charge in [-0.1, -0.05) is 18.2 Å². The Balaban J connectivity index is 1.87. The number of phenolic OH excluding ortho intramolecular Hbond substituents is 2. The molecule has 0 saturated heterocycles. The van der Waals surface area contributed by atoms with Crippen molar-refractivity contribution in [3.63, 3.8) is 0 Å². The third kappa shape index (κ3) is 3.84. The number of anilines is 1. The summed E-state index contributed by atoms with van der Waals surface area (Å²) in [7, 11) is 0. The van der Waals surface area contributed by atoms with Crippen molar-refractivity contribution < 1.29 is 20.1 Å². The van der Waals surface area contributed by atoms with Gasteiger partial charge in [-0.05, 0) is 54.6 Å². The molecule has 3 aromatic rings. The Morgan fingerprint density at radius 1 is 0.846 bits per heavy atom. The van der Waals surface area contributed by atoms with Crippen molar-refractivity contribution in [1.29, 1.82) is 0 Å². The van der Waals surface area contributed by atoms with E-state index in [1.807, 2.05) is 30.3 Å². The fourth-order valence-corrected chi connectivity index (χ4v) is 2.70. The maximum atomic E-state index is 12.6. The van der Waals surface area contributed by atoms with Crippen LogP contribution in [0.4, 0.5) is 5.69 Å². The first-order valence-electron chi connectivity index (χ1n) is 8.15. The van der Waals surface area contributed by atoms with Crippen LogP contribution in [-0.2, 0) is 6.54 Å². The van der Waals surface area contributed by atoms with Crippen molar-refractivity contribution in [2.45, 2.75) is 6.54 Å². The second kappa shape index (κ2) is 7.72. The molecule has 0 fully saturated rings. The molecule has 5 heteroatoms. The van der Waals surface area contributed by atoms with E-state index >= 15 is 0 Å². The van der Waals surface area contributed by atoms with Gasteiger partial charge in [0.2, 0.25) is 0 Å². The smallest absolute Gasteiger partial charge is 0.193 e. The molecule has 0 unspecified atom stereocenters. The van der Waals surface area contributed by atoms with Crippen molar-refractivity contribution in [3.05, 3.63) is 89.5 Å². The minimum Gasteiger partial charge on any atom is -0.508 e. The Morgan fingerprint density at radius 3 is 2.15 bits per heavy atom. The zero-order chi connectivity index (χ0) is 18.5. The normalized spacial score (nSPS) is 10.5. The number of aliphatic hydroxyl groups is 1. The molecule has 0 bridgehead atoms. The van der Waals surface area contributed by atoms with E-state index in [9.17, 15) is 20.1 Å². The van der Waals surface area contributed by atoms with E-state index in [-0.39, 0.29) is 30.6 Å². The molecule has 3 N–H and O–H groups in total. The Labute approximate surface area is 151 Å². The average Bonchev–Trinajstić information content (AvgIpc) is 2.68. The highest BCUT2D eigenvalue weighted by molar-refractivity contribution is 6.09. The predicted octanol–water partition coefficient (Wildman–Crippen LogP) is 3.29. The van der Waals surface area contributed by atoms with Gasteiger partial charge in [0.05, 0.1) is 0 Å². The molecular formula is C21H19NO4. The number of hydrogen-bond donors (Lipinski definition) is 3. The second-order valence-electron chi connectivity index (χ2n) is 5.89. The van der Waals surface area contributed by atoms with E-state index in [4.69, 9.17) is 0 Å². The van der Waals surface area contributed by atoms with Crippen LogP contribution in [-0.4, -0.2) is 27.8 Å². The summed E-state index contributed by atoms with van der Waals surface area (Å²) < 4.78 is 0. The van der Waals surface area contributed by atoms with Gasteiger partial charge in [0.25, 0.3) is 0 Å². The van der Waals surface area contributed by atoms with Crippen molar-refractivity contribution >= 4 is 11.5 Å². The van der Waals surface area contributed by atoms with E-state index in [2.05, 4.69) is 0 Å². The summed E-state index contributed by atoms with van der Waals surface area (Å²) >= 11 is 0. The lowest BCUT2D eigenvalue weighted by atomic mass is 10.0. The van der Waals surface area contributed by atoms with Crippen LogP contribution in [0.5, 0.6) is 11.5 Å². The number of benzene rings is 3. The molecule has 0 heterocycles. The standard InChI is InChI=1S/C21H19NO4/c23-14-22(18-4-2-1-3-5-18)13-17-12-16(8-11-20(17)25)21(26)15-6-9-19(24)10-7-15/h1-12,23-25H,13-14H2. The Bertz CT molecular complexity index is 892. The SMILES string of the molecule is O=C(c1ccc(O)cc1)c1ccc(O)c(CN(CO)c2ccccc2)c1. The molecule has 0 radical (unpaired) electrons. The fourth-order valence-electron chi connectivity index (χ4n) is 2.70. The van der Waals surface area contributed by atoms with E-state index in [0.717, 1.165) is 5.69 Å². The van der Waals surface area contributed by atoms with Crippen LogP contribution in [0.1, 0.15) is 21.5 Å². The maximum absolute atomic E-state index is 12.6. The van der Waals surface area contributed by atoms with E-state index < -0.39 is 0 Å². The van der Waals surface area contributed by atoms with Gasteiger partial charge in [-0.25, -0.2) is 0 Å². The lowest BCUT2D eigenvalue weighted by molar-refractivity contribution is 0.103. The molecule has 3 aromatic carbocycles. The van der Waals surface area contributed by atoms with Gasteiger partial charge in [-0.2, -0.15) is 0 Å². The summed E-state index contributed by atoms with van der Waals surface area (Å²) in [5.74, 6) is -0.0578. The summed E-state index contributed by atoms with van der Waals surface area (Å²) in [6.07, 6.45) is 0. The molecular weight excluding hydrogens is 330 g/mol. The van der Waals surface area contributed by atoms with Gasteiger partial charge in [0.1, 0.15) is 18.2 Å². The molecule has 0 atom stereocenters. The molecule has 132 valence electrons. The highest BCUT2D eigenvalue weighted by atomic mass is 16.3. The molecule has 0 saturated carbocycles. The maximum Gasteiger partial charge on any atom is 0.193 e. The van der Waals surface area contributed by atoms with Crippen molar-refractivity contribution in [2.75, 3.05) is 11.6 Å². The zero-order valence-corrected chi connectivity index (χ0v) is 14.0. The molecule has 3 rings (SSSR count). The summed E-state index contributed by atoms with van der Waals surface area (Å²) in [6.45, 7) is 0.0304. The number of aliphatic hydroxyl groups excluding tert-OH is 1. The van der Waals surface area contributed by atoms with Crippen molar-refractivity contribution in [1.82, 2.24) is 0 Å². The van der Waals surface area contributed by atoms with Crippen LogP contribution in [0.3, 0.4) is 0 Å². The van der Waals surface area contributed by atoms with E-state index in [0.29, 0.717) is 16.7 Å². The highest BCUT2D eigenvalue weighted by Gasteiger charge is 2.14. The first kappa shape index (κ1) is 17.5. The van der Waals surface area contributed by atoms with Gasteiger partial charge < -0.3 is 20.2 Å². The fraction of sp³-hybridized carbons (Fsp3) is 0.0952. The average molecular weight is 349 g/mol. The van der Waals surface area contributed by atoms with E-state index in [1.165, 1.54) is 18.2 Å². The van der Waals surface area contributed by atoms with Crippen LogP contribution in [0, 0.1) is 0 Å². The Morgan fingerprint density at radius 2 is 1.50 bits per heavy atom. The quantitative estimate of drug-likeness (QED) is 0.470. The third-order valence-corrected chi connectivity index (χ3v) is 4.12. The summed E-state index contributed by atoms with van der Waals surface area (Å²) in [5, 5.41) is 29.2. The lowest BCUT2D eigenvalue weighted by Crippen LogP contribution is -2.23. The van der Waals surface area contributed by atoms with Gasteiger partial charge in [-0.15, -0.1) is 0 Å². The number of aromatic hydroxyl groups is 2.